The zero-order chi connectivity index (χ0) is 20.9. The predicted octanol–water partition coefficient (Wildman–Crippen LogP) is 3.88. The number of para-hydroxylation sites is 1. The summed E-state index contributed by atoms with van der Waals surface area (Å²) in [6.45, 7) is 7.16. The summed E-state index contributed by atoms with van der Waals surface area (Å²) in [5.41, 5.74) is 5.92. The van der Waals surface area contributed by atoms with Crippen LogP contribution < -0.4 is 15.0 Å². The number of carbonyl (C=O) groups excluding carboxylic acids is 1. The van der Waals surface area contributed by atoms with Crippen molar-refractivity contribution in [2.24, 2.45) is 0 Å². The summed E-state index contributed by atoms with van der Waals surface area (Å²) in [5, 5.41) is 3.20. The fourth-order valence-corrected chi connectivity index (χ4v) is 5.89. The van der Waals surface area contributed by atoms with Gasteiger partial charge in [-0.05, 0) is 67.4 Å². The number of hydrogen-bond donors (Lipinski definition) is 1. The number of methoxy groups -OCH3 is 1. The van der Waals surface area contributed by atoms with E-state index >= 15 is 0 Å². The molecular formula is C25H31N3O2. The Balaban J connectivity index is 1.37. The van der Waals surface area contributed by atoms with E-state index in [0.717, 1.165) is 80.9 Å². The van der Waals surface area contributed by atoms with Crippen LogP contribution in [-0.4, -0.2) is 44.6 Å². The third kappa shape index (κ3) is 2.94. The van der Waals surface area contributed by atoms with Crippen LogP contribution in [0.15, 0.2) is 53.4 Å². The molecule has 3 aliphatic heterocycles. The summed E-state index contributed by atoms with van der Waals surface area (Å²) in [4.78, 5) is 17.6. The molecule has 1 fully saturated rings. The Bertz CT molecular complexity index is 967. The van der Waals surface area contributed by atoms with Crippen LogP contribution in [0, 0.1) is 0 Å². The molecule has 1 aliphatic carbocycles. The Morgan fingerprint density at radius 2 is 1.87 bits per heavy atom. The van der Waals surface area contributed by atoms with Crippen LogP contribution in [0.25, 0.3) is 0 Å². The van der Waals surface area contributed by atoms with Gasteiger partial charge in [-0.3, -0.25) is 4.79 Å². The van der Waals surface area contributed by atoms with E-state index in [1.807, 2.05) is 0 Å². The summed E-state index contributed by atoms with van der Waals surface area (Å²) >= 11 is 0. The van der Waals surface area contributed by atoms with E-state index in [1.165, 1.54) is 16.8 Å². The third-order valence-corrected chi connectivity index (χ3v) is 7.46. The number of likely N-dealkylation sites (tertiary alicyclic amines) is 1. The van der Waals surface area contributed by atoms with Crippen molar-refractivity contribution in [3.63, 3.8) is 0 Å². The number of fused-ring (bicyclic) bond motifs is 2. The molecule has 5 nitrogen and oxygen atoms in total. The van der Waals surface area contributed by atoms with Gasteiger partial charge in [0, 0.05) is 37.7 Å². The Kier molecular flexibility index (Phi) is 4.64. The lowest BCUT2D eigenvalue weighted by atomic mass is 9.74. The second-order valence-electron chi connectivity index (χ2n) is 9.15. The van der Waals surface area contributed by atoms with E-state index < -0.39 is 0 Å². The number of piperidine rings is 1. The number of nitrogens with one attached hydrogen (secondary N) is 1. The van der Waals surface area contributed by atoms with E-state index in [1.54, 1.807) is 7.11 Å². The smallest absolute Gasteiger partial charge is 0.252 e. The molecular weight excluding hydrogens is 374 g/mol. The molecule has 3 heterocycles. The first kappa shape index (κ1) is 19.3. The highest BCUT2D eigenvalue weighted by atomic mass is 16.5. The summed E-state index contributed by atoms with van der Waals surface area (Å²) in [6.07, 6.45) is 8.30. The molecule has 0 unspecified atom stereocenters. The van der Waals surface area contributed by atoms with Crippen LogP contribution in [0.2, 0.25) is 0 Å². The lowest BCUT2D eigenvalue weighted by molar-refractivity contribution is -0.117. The SMILES string of the molecule is C=C1C=C(N2CCC3(CC2)CN(C)c2c(OC)cccc23)NC(=O)C2=C1CCCC2. The fraction of sp³-hybridized carbons (Fsp3) is 0.480. The lowest BCUT2D eigenvalue weighted by Gasteiger charge is -2.41. The average molecular weight is 406 g/mol. The first-order valence-corrected chi connectivity index (χ1v) is 11.1. The number of amides is 1. The van der Waals surface area contributed by atoms with E-state index in [2.05, 4.69) is 53.0 Å². The molecule has 0 radical (unpaired) electrons. The normalized spacial score (nSPS) is 23.1. The molecule has 158 valence electrons. The molecule has 0 aromatic heterocycles. The molecule has 1 aromatic carbocycles. The predicted molar refractivity (Wildman–Crippen MR) is 120 cm³/mol. The minimum atomic E-state index is 0.0746. The van der Waals surface area contributed by atoms with Crippen LogP contribution in [0.5, 0.6) is 5.75 Å². The summed E-state index contributed by atoms with van der Waals surface area (Å²) < 4.78 is 5.64. The highest BCUT2D eigenvalue weighted by Crippen LogP contribution is 2.50. The standard InChI is InChI=1S/C25H31N3O2/c1-17-15-22(26-24(29)19-8-5-4-7-18(17)19)28-13-11-25(12-14-28)16-27(2)23-20(25)9-6-10-21(23)30-3/h6,9-10,15H,1,4-5,7-8,11-14,16H2,2-3H3,(H,26,29). The van der Waals surface area contributed by atoms with Gasteiger partial charge in [0.25, 0.3) is 5.91 Å². The van der Waals surface area contributed by atoms with Gasteiger partial charge < -0.3 is 19.9 Å². The topological polar surface area (TPSA) is 44.8 Å². The molecule has 1 N–H and O–H groups in total. The van der Waals surface area contributed by atoms with E-state index in [9.17, 15) is 4.79 Å². The highest BCUT2D eigenvalue weighted by molar-refractivity contribution is 5.97. The monoisotopic (exact) mass is 405 g/mol. The number of allylic oxidation sites excluding steroid dienone is 3. The van der Waals surface area contributed by atoms with Crippen LogP contribution in [0.1, 0.15) is 44.1 Å². The zero-order valence-electron chi connectivity index (χ0n) is 18.1. The minimum absolute atomic E-state index is 0.0746. The highest BCUT2D eigenvalue weighted by Gasteiger charge is 2.45. The Labute approximate surface area is 179 Å². The molecule has 5 rings (SSSR count). The first-order chi connectivity index (χ1) is 14.5. The molecule has 30 heavy (non-hydrogen) atoms. The molecule has 1 amide bonds. The number of ether oxygens (including phenoxy) is 1. The third-order valence-electron chi connectivity index (χ3n) is 7.46. The second-order valence-corrected chi connectivity index (χ2v) is 9.15. The average Bonchev–Trinajstić information content (AvgIpc) is 2.97. The maximum absolute atomic E-state index is 12.9. The molecule has 1 saturated heterocycles. The Hall–Kier alpha value is -2.69. The van der Waals surface area contributed by atoms with Crippen LogP contribution in [-0.2, 0) is 10.2 Å². The molecule has 0 saturated carbocycles. The first-order valence-electron chi connectivity index (χ1n) is 11.1. The van der Waals surface area contributed by atoms with Crippen molar-refractivity contribution in [1.82, 2.24) is 10.2 Å². The van der Waals surface area contributed by atoms with Crippen LogP contribution in [0.4, 0.5) is 5.69 Å². The summed E-state index contributed by atoms with van der Waals surface area (Å²) in [5.74, 6) is 1.96. The molecule has 1 spiro atoms. The minimum Gasteiger partial charge on any atom is -0.495 e. The molecule has 5 heteroatoms. The van der Waals surface area contributed by atoms with Crippen molar-refractivity contribution in [2.75, 3.05) is 38.7 Å². The molecule has 4 aliphatic rings. The second kappa shape index (κ2) is 7.22. The number of anilines is 1. The number of hydrogen-bond acceptors (Lipinski definition) is 4. The molecule has 0 bridgehead atoms. The van der Waals surface area contributed by atoms with E-state index in [-0.39, 0.29) is 11.3 Å². The van der Waals surface area contributed by atoms with Crippen molar-refractivity contribution >= 4 is 11.6 Å². The Morgan fingerprint density at radius 3 is 2.60 bits per heavy atom. The van der Waals surface area contributed by atoms with Gasteiger partial charge in [-0.1, -0.05) is 18.7 Å². The number of rotatable bonds is 2. The molecule has 1 aromatic rings. The largest absolute Gasteiger partial charge is 0.495 e. The van der Waals surface area contributed by atoms with Crippen molar-refractivity contribution < 1.29 is 9.53 Å². The lowest BCUT2D eigenvalue weighted by Crippen LogP contribution is -2.47. The summed E-state index contributed by atoms with van der Waals surface area (Å²) in [7, 11) is 3.91. The molecule has 0 atom stereocenters. The maximum atomic E-state index is 12.9. The number of nitrogens with zero attached hydrogens (tertiary/aromatic N) is 2. The van der Waals surface area contributed by atoms with Gasteiger partial charge in [-0.15, -0.1) is 0 Å². The zero-order valence-corrected chi connectivity index (χ0v) is 18.1. The van der Waals surface area contributed by atoms with Crippen molar-refractivity contribution in [1.29, 1.82) is 0 Å². The van der Waals surface area contributed by atoms with Gasteiger partial charge in [0.15, 0.2) is 0 Å². The maximum Gasteiger partial charge on any atom is 0.252 e. The summed E-state index contributed by atoms with van der Waals surface area (Å²) in [6, 6.07) is 6.43. The van der Waals surface area contributed by atoms with Crippen molar-refractivity contribution in [3.8, 4) is 5.75 Å². The van der Waals surface area contributed by atoms with Gasteiger partial charge >= 0.3 is 0 Å². The van der Waals surface area contributed by atoms with Gasteiger partial charge in [-0.2, -0.15) is 0 Å². The van der Waals surface area contributed by atoms with E-state index in [4.69, 9.17) is 4.74 Å². The van der Waals surface area contributed by atoms with Gasteiger partial charge in [0.1, 0.15) is 11.6 Å². The van der Waals surface area contributed by atoms with E-state index in [0.29, 0.717) is 0 Å². The van der Waals surface area contributed by atoms with Crippen LogP contribution in [0.3, 0.4) is 0 Å². The van der Waals surface area contributed by atoms with Crippen molar-refractivity contribution in [2.45, 2.75) is 43.9 Å². The number of benzene rings is 1. The number of carbonyl (C=O) groups is 1. The fourth-order valence-electron chi connectivity index (χ4n) is 5.89. The van der Waals surface area contributed by atoms with Gasteiger partial charge in [0.2, 0.25) is 0 Å². The van der Waals surface area contributed by atoms with Gasteiger partial charge in [0.05, 0.1) is 12.8 Å². The number of likely N-dealkylation sites (N-methyl/N-ethyl adjacent to an activating group) is 1. The quantitative estimate of drug-likeness (QED) is 0.811. The van der Waals surface area contributed by atoms with Crippen LogP contribution >= 0.6 is 0 Å². The van der Waals surface area contributed by atoms with Gasteiger partial charge in [-0.25, -0.2) is 0 Å². The van der Waals surface area contributed by atoms with Crippen molar-refractivity contribution in [3.05, 3.63) is 59.0 Å². The Morgan fingerprint density at radius 1 is 1.13 bits per heavy atom.